The van der Waals surface area contributed by atoms with Crippen LogP contribution < -0.4 is 0 Å². The van der Waals surface area contributed by atoms with Gasteiger partial charge in [-0.05, 0) is 37.3 Å². The lowest BCUT2D eigenvalue weighted by molar-refractivity contribution is 0.0569. The maximum absolute atomic E-state index is 13.6. The number of fused-ring (bicyclic) bond motifs is 2. The van der Waals surface area contributed by atoms with E-state index >= 15 is 0 Å². The monoisotopic (exact) mass is 401 g/mol. The Labute approximate surface area is 164 Å². The van der Waals surface area contributed by atoms with E-state index in [1.54, 1.807) is 12.3 Å². The summed E-state index contributed by atoms with van der Waals surface area (Å²) in [6.07, 6.45) is 6.38. The summed E-state index contributed by atoms with van der Waals surface area (Å²) >= 11 is 5.93. The highest BCUT2D eigenvalue weighted by atomic mass is 35.5. The Morgan fingerprint density at radius 3 is 3.00 bits per heavy atom. The molecule has 2 aliphatic heterocycles. The molecular formula is C19H17ClFN5O2. The first-order valence-corrected chi connectivity index (χ1v) is 9.59. The van der Waals surface area contributed by atoms with Gasteiger partial charge in [-0.1, -0.05) is 16.8 Å². The fourth-order valence-electron chi connectivity index (χ4n) is 4.12. The molecular weight excluding hydrogens is 385 g/mol. The van der Waals surface area contributed by atoms with E-state index in [0.29, 0.717) is 34.5 Å². The van der Waals surface area contributed by atoms with Crippen molar-refractivity contribution in [3.05, 3.63) is 52.5 Å². The van der Waals surface area contributed by atoms with Crippen molar-refractivity contribution in [1.29, 1.82) is 0 Å². The van der Waals surface area contributed by atoms with Gasteiger partial charge in [0.1, 0.15) is 0 Å². The summed E-state index contributed by atoms with van der Waals surface area (Å²) in [4.78, 5) is 26.1. The maximum atomic E-state index is 13.6. The van der Waals surface area contributed by atoms with E-state index < -0.39 is 5.95 Å². The zero-order valence-electron chi connectivity index (χ0n) is 14.9. The molecule has 0 aliphatic carbocycles. The van der Waals surface area contributed by atoms with Gasteiger partial charge < -0.3 is 14.4 Å². The lowest BCUT2D eigenvalue weighted by Gasteiger charge is -2.37. The second-order valence-corrected chi connectivity index (χ2v) is 7.71. The summed E-state index contributed by atoms with van der Waals surface area (Å²) in [6.45, 7) is 0.472. The average Bonchev–Trinajstić information content (AvgIpc) is 3.32. The number of aromatic amines is 1. The average molecular weight is 402 g/mol. The van der Waals surface area contributed by atoms with Gasteiger partial charge in [-0.2, -0.15) is 9.37 Å². The number of amides is 1. The molecule has 1 amide bonds. The smallest absolute Gasteiger partial charge is 0.254 e. The molecule has 28 heavy (non-hydrogen) atoms. The standard InChI is InChI=1S/C19H17ClFN5O2/c20-12-5-15(22-8-12)17-24-18(28-25-17)11-2-4-13-3-1-10-7-23-16(21)6-14(10)19(27)26(13)9-11/h5-8,11,13,22H,1-4,9H2/t11-,13-/m0/s1. The van der Waals surface area contributed by atoms with Crippen LogP contribution in [0.15, 0.2) is 29.0 Å². The minimum atomic E-state index is -0.634. The van der Waals surface area contributed by atoms with Gasteiger partial charge in [0.25, 0.3) is 5.91 Å². The van der Waals surface area contributed by atoms with Crippen LogP contribution in [0.3, 0.4) is 0 Å². The number of H-pyrrole nitrogens is 1. The van der Waals surface area contributed by atoms with Crippen LogP contribution in [0.4, 0.5) is 4.39 Å². The Bertz CT molecular complexity index is 1050. The van der Waals surface area contributed by atoms with Crippen LogP contribution in [-0.2, 0) is 6.42 Å². The third-order valence-electron chi connectivity index (χ3n) is 5.58. The summed E-state index contributed by atoms with van der Waals surface area (Å²) in [5.41, 5.74) is 1.89. The van der Waals surface area contributed by atoms with E-state index in [-0.39, 0.29) is 17.9 Å². The van der Waals surface area contributed by atoms with E-state index in [1.807, 2.05) is 4.90 Å². The number of nitrogens with zero attached hydrogens (tertiary/aromatic N) is 4. The maximum Gasteiger partial charge on any atom is 0.254 e. The van der Waals surface area contributed by atoms with Crippen molar-refractivity contribution < 1.29 is 13.7 Å². The molecule has 144 valence electrons. The first-order valence-electron chi connectivity index (χ1n) is 9.22. The summed E-state index contributed by atoms with van der Waals surface area (Å²) < 4.78 is 19.1. The van der Waals surface area contributed by atoms with Crippen molar-refractivity contribution in [1.82, 2.24) is 25.0 Å². The molecule has 3 aromatic rings. The molecule has 2 atom stereocenters. The molecule has 1 N–H and O–H groups in total. The number of piperidine rings is 1. The number of nitrogens with one attached hydrogen (secondary N) is 1. The summed E-state index contributed by atoms with van der Waals surface area (Å²) in [6, 6.07) is 3.10. The van der Waals surface area contributed by atoms with E-state index in [2.05, 4.69) is 20.1 Å². The molecule has 0 bridgehead atoms. The zero-order chi connectivity index (χ0) is 19.3. The summed E-state index contributed by atoms with van der Waals surface area (Å²) in [5, 5.41) is 4.59. The number of carbonyl (C=O) groups excluding carboxylic acids is 1. The zero-order valence-corrected chi connectivity index (χ0v) is 15.6. The number of pyridine rings is 1. The SMILES string of the molecule is O=C1c2cc(F)ncc2CC[C@H]2CC[C@H](c3nc(-c4cc(Cl)c[nH]4)no3)CN12. The Kier molecular flexibility index (Phi) is 4.16. The van der Waals surface area contributed by atoms with E-state index in [9.17, 15) is 9.18 Å². The van der Waals surface area contributed by atoms with Crippen molar-refractivity contribution >= 4 is 17.5 Å². The Hall–Kier alpha value is -2.74. The second-order valence-electron chi connectivity index (χ2n) is 7.28. The quantitative estimate of drug-likeness (QED) is 0.663. The number of hydrogen-bond donors (Lipinski definition) is 1. The van der Waals surface area contributed by atoms with Crippen LogP contribution in [0, 0.1) is 5.95 Å². The largest absolute Gasteiger partial charge is 0.357 e. The van der Waals surface area contributed by atoms with E-state index in [1.165, 1.54) is 12.3 Å². The third kappa shape index (κ3) is 2.97. The van der Waals surface area contributed by atoms with Crippen LogP contribution in [0.25, 0.3) is 11.5 Å². The second kappa shape index (κ2) is 6.70. The molecule has 5 rings (SSSR count). The Balaban J connectivity index is 1.40. The lowest BCUT2D eigenvalue weighted by Crippen LogP contribution is -2.45. The molecule has 9 heteroatoms. The number of hydrogen-bond acceptors (Lipinski definition) is 5. The fourth-order valence-corrected chi connectivity index (χ4v) is 4.28. The van der Waals surface area contributed by atoms with Gasteiger partial charge >= 0.3 is 0 Å². The van der Waals surface area contributed by atoms with Gasteiger partial charge in [-0.25, -0.2) is 4.98 Å². The first-order chi connectivity index (χ1) is 13.6. The van der Waals surface area contributed by atoms with Crippen molar-refractivity contribution in [3.63, 3.8) is 0 Å². The van der Waals surface area contributed by atoms with Crippen LogP contribution >= 0.6 is 11.6 Å². The summed E-state index contributed by atoms with van der Waals surface area (Å²) in [5.74, 6) is 0.0897. The van der Waals surface area contributed by atoms with Crippen molar-refractivity contribution in [3.8, 4) is 11.5 Å². The van der Waals surface area contributed by atoms with Gasteiger partial charge in [0, 0.05) is 36.6 Å². The molecule has 1 saturated heterocycles. The molecule has 0 spiro atoms. The number of aryl methyl sites for hydroxylation is 1. The molecule has 0 radical (unpaired) electrons. The lowest BCUT2D eigenvalue weighted by atomic mass is 9.90. The first kappa shape index (κ1) is 17.4. The van der Waals surface area contributed by atoms with E-state index in [4.69, 9.17) is 16.1 Å². The highest BCUT2D eigenvalue weighted by Crippen LogP contribution is 2.35. The Morgan fingerprint density at radius 2 is 2.18 bits per heavy atom. The number of carbonyl (C=O) groups is 1. The van der Waals surface area contributed by atoms with Gasteiger partial charge in [0.05, 0.1) is 16.6 Å². The van der Waals surface area contributed by atoms with Crippen LogP contribution in [-0.4, -0.2) is 43.5 Å². The molecule has 0 saturated carbocycles. The molecule has 3 aromatic heterocycles. The van der Waals surface area contributed by atoms with Crippen molar-refractivity contribution in [2.75, 3.05) is 6.54 Å². The Morgan fingerprint density at radius 1 is 1.29 bits per heavy atom. The third-order valence-corrected chi connectivity index (χ3v) is 5.80. The van der Waals surface area contributed by atoms with Crippen LogP contribution in [0.5, 0.6) is 0 Å². The molecule has 5 heterocycles. The van der Waals surface area contributed by atoms with Gasteiger partial charge in [-0.3, -0.25) is 4.79 Å². The van der Waals surface area contributed by atoms with Crippen molar-refractivity contribution in [2.45, 2.75) is 37.6 Å². The predicted octanol–water partition coefficient (Wildman–Crippen LogP) is 3.59. The van der Waals surface area contributed by atoms with Crippen LogP contribution in [0.1, 0.15) is 47.0 Å². The topological polar surface area (TPSA) is 87.9 Å². The summed E-state index contributed by atoms with van der Waals surface area (Å²) in [7, 11) is 0. The predicted molar refractivity (Wildman–Crippen MR) is 98.4 cm³/mol. The van der Waals surface area contributed by atoms with Crippen LogP contribution in [0.2, 0.25) is 5.02 Å². The van der Waals surface area contributed by atoms with Gasteiger partial charge in [0.15, 0.2) is 0 Å². The normalized spacial score (nSPS) is 21.9. The number of halogens is 2. The molecule has 1 fully saturated rings. The minimum absolute atomic E-state index is 0.0554. The highest BCUT2D eigenvalue weighted by Gasteiger charge is 2.37. The van der Waals surface area contributed by atoms with E-state index in [0.717, 1.165) is 31.2 Å². The highest BCUT2D eigenvalue weighted by molar-refractivity contribution is 6.30. The number of rotatable bonds is 2. The van der Waals surface area contributed by atoms with Gasteiger partial charge in [0.2, 0.25) is 17.7 Å². The number of aromatic nitrogens is 4. The van der Waals surface area contributed by atoms with Crippen molar-refractivity contribution in [2.24, 2.45) is 0 Å². The molecule has 2 aliphatic rings. The fraction of sp³-hybridized carbons (Fsp3) is 0.368. The molecule has 0 aromatic carbocycles. The molecule has 7 nitrogen and oxygen atoms in total. The minimum Gasteiger partial charge on any atom is -0.357 e. The molecule has 0 unspecified atom stereocenters. The van der Waals surface area contributed by atoms with Gasteiger partial charge in [-0.15, -0.1) is 0 Å².